The largest absolute Gasteiger partial charge is 0.481 e. The summed E-state index contributed by atoms with van der Waals surface area (Å²) in [5, 5.41) is 42.3. The van der Waals surface area contributed by atoms with Crippen molar-refractivity contribution in [3.63, 3.8) is 0 Å². The predicted molar refractivity (Wildman–Crippen MR) is 118 cm³/mol. The van der Waals surface area contributed by atoms with Gasteiger partial charge in [0.2, 0.25) is 5.78 Å². The van der Waals surface area contributed by atoms with Gasteiger partial charge in [0.25, 0.3) is 0 Å². The van der Waals surface area contributed by atoms with E-state index >= 15 is 4.39 Å². The second-order valence-corrected chi connectivity index (χ2v) is 10.8. The van der Waals surface area contributed by atoms with Crippen LogP contribution in [0.4, 0.5) is 4.39 Å². The minimum absolute atomic E-state index is 0.0907. The molecular weight excluding hydrogens is 463 g/mol. The summed E-state index contributed by atoms with van der Waals surface area (Å²) >= 11 is 0. The van der Waals surface area contributed by atoms with E-state index in [-0.39, 0.29) is 25.0 Å². The van der Waals surface area contributed by atoms with Gasteiger partial charge in [0.1, 0.15) is 0 Å². The van der Waals surface area contributed by atoms with Gasteiger partial charge in [0.05, 0.1) is 25.0 Å². The number of carboxylic acid groups (broad SMARTS) is 1. The van der Waals surface area contributed by atoms with Crippen LogP contribution in [0.15, 0.2) is 23.8 Å². The fourth-order valence-electron chi connectivity index (χ4n) is 7.27. The molecule has 4 aliphatic rings. The lowest BCUT2D eigenvalue weighted by atomic mass is 9.44. The maximum atomic E-state index is 17.0. The van der Waals surface area contributed by atoms with Crippen molar-refractivity contribution in [1.82, 2.24) is 0 Å². The van der Waals surface area contributed by atoms with Crippen LogP contribution in [0.5, 0.6) is 0 Å². The molecule has 3 saturated carbocycles. The summed E-state index contributed by atoms with van der Waals surface area (Å²) in [5.74, 6) is -4.87. The van der Waals surface area contributed by atoms with Crippen molar-refractivity contribution in [1.29, 1.82) is 0 Å². The number of ether oxygens (including phenoxy) is 1. The van der Waals surface area contributed by atoms with Crippen molar-refractivity contribution in [2.75, 3.05) is 6.61 Å². The summed E-state index contributed by atoms with van der Waals surface area (Å²) in [5.41, 5.74) is -6.66. The number of esters is 1. The molecule has 0 radical (unpaired) electrons. The van der Waals surface area contributed by atoms with Gasteiger partial charge in [0.15, 0.2) is 23.7 Å². The van der Waals surface area contributed by atoms with Crippen LogP contribution in [0.3, 0.4) is 0 Å². The molecule has 35 heavy (non-hydrogen) atoms. The first kappa shape index (κ1) is 25.7. The number of aliphatic carboxylic acids is 1. The van der Waals surface area contributed by atoms with Gasteiger partial charge in [-0.25, -0.2) is 4.39 Å². The Hall–Kier alpha value is -2.43. The van der Waals surface area contributed by atoms with E-state index < -0.39 is 83.3 Å². The SMILES string of the molecule is C[C@]12C=CC(=O)C=C1CCC1C3C[C@@H](O)[C@](O)(C(=O)COC(=O)CCC(=O)O)[C@@]3(C)C[C@H](O)C12F. The fourth-order valence-corrected chi connectivity index (χ4v) is 7.27. The molecule has 0 aromatic heterocycles. The second kappa shape index (κ2) is 8.31. The minimum Gasteiger partial charge on any atom is -0.481 e. The van der Waals surface area contributed by atoms with Gasteiger partial charge in [-0.2, -0.15) is 0 Å². The van der Waals surface area contributed by atoms with Crippen LogP contribution in [0.1, 0.15) is 52.4 Å². The van der Waals surface area contributed by atoms with Gasteiger partial charge in [0, 0.05) is 16.7 Å². The third-order valence-corrected chi connectivity index (χ3v) is 9.19. The smallest absolute Gasteiger partial charge is 0.306 e. The Labute approximate surface area is 201 Å². The van der Waals surface area contributed by atoms with Crippen LogP contribution in [0.25, 0.3) is 0 Å². The summed E-state index contributed by atoms with van der Waals surface area (Å²) in [6.45, 7) is 2.29. The summed E-state index contributed by atoms with van der Waals surface area (Å²) in [4.78, 5) is 47.4. The van der Waals surface area contributed by atoms with E-state index in [0.717, 1.165) is 0 Å². The molecule has 8 atom stereocenters. The molecule has 4 N–H and O–H groups in total. The van der Waals surface area contributed by atoms with Crippen LogP contribution in [-0.4, -0.2) is 74.0 Å². The quantitative estimate of drug-likeness (QED) is 0.396. The molecular formula is C25H31FO9. The highest BCUT2D eigenvalue weighted by Crippen LogP contribution is 2.69. The number of rotatable bonds is 6. The number of allylic oxidation sites excluding steroid dienone is 4. The Kier molecular flexibility index (Phi) is 6.09. The third-order valence-electron chi connectivity index (χ3n) is 9.19. The summed E-state index contributed by atoms with van der Waals surface area (Å²) < 4.78 is 21.9. The van der Waals surface area contributed by atoms with Crippen molar-refractivity contribution in [3.8, 4) is 0 Å². The molecule has 10 heteroatoms. The van der Waals surface area contributed by atoms with Crippen molar-refractivity contribution < 1.29 is 48.7 Å². The standard InChI is InChI=1S/C25H31FO9/c1-22-8-7-14(27)9-13(22)3-4-15-16-10-17(28)25(34,23(16,2)11-18(29)24(15,22)26)19(30)12-35-21(33)6-5-20(31)32/h7-9,15-18,28-29,34H,3-6,10-12H2,1-2H3,(H,31,32)/t15?,16?,17-,18+,22+,23+,24?,25+/m1/s1. The Morgan fingerprint density at radius 1 is 1.14 bits per heavy atom. The number of hydrogen-bond acceptors (Lipinski definition) is 8. The normalized spacial score (nSPS) is 44.1. The minimum atomic E-state index is -2.40. The number of fused-ring (bicyclic) bond motifs is 5. The number of aliphatic hydroxyl groups is 3. The van der Waals surface area contributed by atoms with E-state index in [1.54, 1.807) is 6.92 Å². The van der Waals surface area contributed by atoms with Crippen LogP contribution in [0, 0.1) is 22.7 Å². The molecule has 4 aliphatic carbocycles. The molecule has 9 nitrogen and oxygen atoms in total. The Morgan fingerprint density at radius 2 is 1.83 bits per heavy atom. The Balaban J connectivity index is 1.62. The first-order chi connectivity index (χ1) is 16.2. The molecule has 3 fully saturated rings. The predicted octanol–water partition coefficient (Wildman–Crippen LogP) is 1.04. The van der Waals surface area contributed by atoms with E-state index in [4.69, 9.17) is 9.84 Å². The average Bonchev–Trinajstić information content (AvgIpc) is 2.99. The molecule has 0 aliphatic heterocycles. The van der Waals surface area contributed by atoms with Crippen LogP contribution >= 0.6 is 0 Å². The summed E-state index contributed by atoms with van der Waals surface area (Å²) in [7, 11) is 0. The summed E-state index contributed by atoms with van der Waals surface area (Å²) in [6, 6.07) is 0. The van der Waals surface area contributed by atoms with E-state index in [1.807, 2.05) is 0 Å². The van der Waals surface area contributed by atoms with Crippen LogP contribution < -0.4 is 0 Å². The molecule has 192 valence electrons. The van der Waals surface area contributed by atoms with Gasteiger partial charge in [-0.05, 0) is 50.7 Å². The number of carboxylic acids is 1. The highest BCUT2D eigenvalue weighted by molar-refractivity contribution is 6.01. The molecule has 0 spiro atoms. The van der Waals surface area contributed by atoms with Crippen LogP contribution in [-0.2, 0) is 23.9 Å². The molecule has 0 aromatic rings. The number of carbonyl (C=O) groups is 4. The van der Waals surface area contributed by atoms with Gasteiger partial charge in [-0.15, -0.1) is 0 Å². The number of ketones is 2. The highest BCUT2D eigenvalue weighted by atomic mass is 19.1. The van der Waals surface area contributed by atoms with Crippen molar-refractivity contribution in [3.05, 3.63) is 23.8 Å². The van der Waals surface area contributed by atoms with E-state index in [2.05, 4.69) is 0 Å². The maximum absolute atomic E-state index is 17.0. The number of carbonyl (C=O) groups excluding carboxylic acids is 3. The van der Waals surface area contributed by atoms with Crippen molar-refractivity contribution in [2.24, 2.45) is 22.7 Å². The number of Topliss-reactive ketones (excluding diaryl/α,β-unsaturated/α-hetero) is 1. The lowest BCUT2D eigenvalue weighted by molar-refractivity contribution is -0.222. The highest BCUT2D eigenvalue weighted by Gasteiger charge is 2.76. The summed E-state index contributed by atoms with van der Waals surface area (Å²) in [6.07, 6.45) is 0.282. The van der Waals surface area contributed by atoms with E-state index in [9.17, 15) is 34.5 Å². The topological polar surface area (TPSA) is 158 Å². The molecule has 4 rings (SSSR count). The van der Waals surface area contributed by atoms with E-state index in [0.29, 0.717) is 12.0 Å². The maximum Gasteiger partial charge on any atom is 0.306 e. The molecule has 0 saturated heterocycles. The lowest BCUT2D eigenvalue weighted by Gasteiger charge is -2.62. The molecule has 3 unspecified atom stereocenters. The molecule has 0 aromatic carbocycles. The zero-order valence-corrected chi connectivity index (χ0v) is 19.7. The average molecular weight is 495 g/mol. The third kappa shape index (κ3) is 3.44. The first-order valence-electron chi connectivity index (χ1n) is 11.8. The fraction of sp³-hybridized carbons (Fsp3) is 0.680. The van der Waals surface area contributed by atoms with Gasteiger partial charge >= 0.3 is 11.9 Å². The van der Waals surface area contributed by atoms with E-state index in [1.165, 1.54) is 25.2 Å². The zero-order chi connectivity index (χ0) is 26.0. The zero-order valence-electron chi connectivity index (χ0n) is 19.7. The molecule has 0 heterocycles. The number of halogens is 1. The van der Waals surface area contributed by atoms with Crippen molar-refractivity contribution in [2.45, 2.75) is 75.9 Å². The Morgan fingerprint density at radius 3 is 2.49 bits per heavy atom. The molecule has 0 bridgehead atoms. The van der Waals surface area contributed by atoms with Gasteiger partial charge < -0.3 is 25.2 Å². The van der Waals surface area contributed by atoms with Crippen LogP contribution in [0.2, 0.25) is 0 Å². The second-order valence-electron chi connectivity index (χ2n) is 10.8. The van der Waals surface area contributed by atoms with Gasteiger partial charge in [-0.1, -0.05) is 18.6 Å². The Bertz CT molecular complexity index is 1040. The first-order valence-corrected chi connectivity index (χ1v) is 11.8. The van der Waals surface area contributed by atoms with Gasteiger partial charge in [-0.3, -0.25) is 19.2 Å². The molecule has 0 amide bonds. The lowest BCUT2D eigenvalue weighted by Crippen LogP contribution is -2.69. The number of hydrogen-bond donors (Lipinski definition) is 4. The van der Waals surface area contributed by atoms with Crippen molar-refractivity contribution >= 4 is 23.5 Å². The number of alkyl halides is 1. The number of aliphatic hydroxyl groups excluding tert-OH is 2. The monoisotopic (exact) mass is 494 g/mol.